The molecular weight excluding hydrogens is 236 g/mol. The molecule has 0 aromatic carbocycles. The van der Waals surface area contributed by atoms with E-state index in [9.17, 15) is 9.59 Å². The molecule has 1 aromatic heterocycles. The summed E-state index contributed by atoms with van der Waals surface area (Å²) in [6.45, 7) is 3.67. The van der Waals surface area contributed by atoms with E-state index in [4.69, 9.17) is 0 Å². The molecule has 1 aliphatic heterocycles. The van der Waals surface area contributed by atoms with Crippen LogP contribution in [0.5, 0.6) is 0 Å². The van der Waals surface area contributed by atoms with Crippen LogP contribution in [0.15, 0.2) is 23.2 Å². The van der Waals surface area contributed by atoms with Crippen molar-refractivity contribution in [2.45, 2.75) is 19.9 Å². The van der Waals surface area contributed by atoms with Crippen LogP contribution in [0.4, 0.5) is 4.79 Å². The molecule has 17 heavy (non-hydrogen) atoms. The van der Waals surface area contributed by atoms with Gasteiger partial charge in [0.25, 0.3) is 11.1 Å². The third-order valence-corrected chi connectivity index (χ3v) is 3.49. The molecule has 2 heterocycles. The van der Waals surface area contributed by atoms with Crippen LogP contribution < -0.4 is 0 Å². The molecule has 1 fully saturated rings. The normalized spacial score (nSPS) is 18.8. The Labute approximate surface area is 104 Å². The lowest BCUT2D eigenvalue weighted by Crippen LogP contribution is -2.34. The minimum atomic E-state index is -0.198. The zero-order chi connectivity index (χ0) is 12.6. The Morgan fingerprint density at radius 1 is 1.35 bits per heavy atom. The lowest BCUT2D eigenvalue weighted by molar-refractivity contribution is -0.123. The highest BCUT2D eigenvalue weighted by atomic mass is 32.2. The van der Waals surface area contributed by atoms with E-state index in [1.165, 1.54) is 4.90 Å². The molecule has 1 saturated heterocycles. The van der Waals surface area contributed by atoms with Crippen molar-refractivity contribution in [1.82, 2.24) is 9.47 Å². The molecule has 1 aromatic rings. The summed E-state index contributed by atoms with van der Waals surface area (Å²) in [7, 11) is 1.90. The molecular formula is C12H14N2O2S. The summed E-state index contributed by atoms with van der Waals surface area (Å²) < 4.78 is 1.91. The number of imide groups is 1. The van der Waals surface area contributed by atoms with E-state index in [2.05, 4.69) is 0 Å². The van der Waals surface area contributed by atoms with Crippen LogP contribution >= 0.6 is 11.8 Å². The second-order valence-corrected chi connectivity index (χ2v) is 5.18. The molecule has 4 nitrogen and oxygen atoms in total. The van der Waals surface area contributed by atoms with Crippen LogP contribution in [-0.2, 0) is 11.8 Å². The highest BCUT2D eigenvalue weighted by Crippen LogP contribution is 2.33. The Bertz CT molecular complexity index is 502. The molecule has 0 atom stereocenters. The fourth-order valence-corrected chi connectivity index (χ4v) is 2.63. The highest BCUT2D eigenvalue weighted by molar-refractivity contribution is 8.18. The van der Waals surface area contributed by atoms with E-state index < -0.39 is 0 Å². The minimum absolute atomic E-state index is 0.0955. The number of hydrogen-bond donors (Lipinski definition) is 0. The Morgan fingerprint density at radius 3 is 2.53 bits per heavy atom. The third kappa shape index (κ3) is 2.15. The van der Waals surface area contributed by atoms with Gasteiger partial charge in [0.2, 0.25) is 0 Å². The van der Waals surface area contributed by atoms with Crippen molar-refractivity contribution < 1.29 is 9.59 Å². The van der Waals surface area contributed by atoms with Crippen molar-refractivity contribution in [1.29, 1.82) is 0 Å². The van der Waals surface area contributed by atoms with Gasteiger partial charge in [0.1, 0.15) is 0 Å². The molecule has 1 aliphatic rings. The van der Waals surface area contributed by atoms with E-state index in [1.807, 2.05) is 43.8 Å². The number of nitrogens with zero attached hydrogens (tertiary/aromatic N) is 2. The van der Waals surface area contributed by atoms with Gasteiger partial charge in [0, 0.05) is 25.0 Å². The molecule has 0 radical (unpaired) electrons. The number of carbonyl (C=O) groups excluding carboxylic acids is 2. The summed E-state index contributed by atoms with van der Waals surface area (Å²) in [5.41, 5.74) is 0.916. The maximum Gasteiger partial charge on any atom is 0.293 e. The van der Waals surface area contributed by atoms with Gasteiger partial charge in [-0.1, -0.05) is 0 Å². The molecule has 2 amide bonds. The number of amides is 2. The zero-order valence-corrected chi connectivity index (χ0v) is 10.8. The topological polar surface area (TPSA) is 42.3 Å². The first-order valence-corrected chi connectivity index (χ1v) is 6.20. The third-order valence-electron chi connectivity index (χ3n) is 2.60. The van der Waals surface area contributed by atoms with Crippen LogP contribution in [0.2, 0.25) is 0 Å². The lowest BCUT2D eigenvalue weighted by Gasteiger charge is -2.16. The fraction of sp³-hybridized carbons (Fsp3) is 0.333. The smallest absolute Gasteiger partial charge is 0.293 e. The van der Waals surface area contributed by atoms with Gasteiger partial charge in [-0.2, -0.15) is 0 Å². The number of carbonyl (C=O) groups is 2. The first-order chi connectivity index (χ1) is 8.00. The summed E-state index contributed by atoms with van der Waals surface area (Å²) in [6.07, 6.45) is 3.66. The van der Waals surface area contributed by atoms with E-state index in [-0.39, 0.29) is 17.2 Å². The number of aromatic nitrogens is 1. The van der Waals surface area contributed by atoms with Gasteiger partial charge in [-0.05, 0) is 43.8 Å². The van der Waals surface area contributed by atoms with Gasteiger partial charge in [0.05, 0.1) is 4.91 Å². The first kappa shape index (κ1) is 12.0. The average molecular weight is 250 g/mol. The zero-order valence-electron chi connectivity index (χ0n) is 10.0. The summed E-state index contributed by atoms with van der Waals surface area (Å²) in [5.74, 6) is -0.198. The van der Waals surface area contributed by atoms with Gasteiger partial charge in [0.15, 0.2) is 0 Å². The minimum Gasteiger partial charge on any atom is -0.351 e. The maximum atomic E-state index is 12.0. The fourth-order valence-electron chi connectivity index (χ4n) is 1.68. The molecule has 90 valence electrons. The van der Waals surface area contributed by atoms with Crippen LogP contribution in [0.25, 0.3) is 6.08 Å². The van der Waals surface area contributed by atoms with Crippen molar-refractivity contribution in [2.24, 2.45) is 7.05 Å². The quantitative estimate of drug-likeness (QED) is 0.757. The molecule has 2 rings (SSSR count). The predicted molar refractivity (Wildman–Crippen MR) is 68.4 cm³/mol. The lowest BCUT2D eigenvalue weighted by atomic mass is 10.3. The Morgan fingerprint density at radius 2 is 2.06 bits per heavy atom. The van der Waals surface area contributed by atoms with E-state index in [0.29, 0.717) is 4.91 Å². The van der Waals surface area contributed by atoms with Crippen molar-refractivity contribution in [3.8, 4) is 0 Å². The second kappa shape index (κ2) is 4.41. The first-order valence-electron chi connectivity index (χ1n) is 5.39. The van der Waals surface area contributed by atoms with Gasteiger partial charge in [-0.3, -0.25) is 14.5 Å². The Balaban J connectivity index is 2.31. The molecule has 0 unspecified atom stereocenters. The number of rotatable bonds is 2. The predicted octanol–water partition coefficient (Wildman–Crippen LogP) is 2.47. The summed E-state index contributed by atoms with van der Waals surface area (Å²) in [6, 6.07) is 3.71. The van der Waals surface area contributed by atoms with Gasteiger partial charge >= 0.3 is 0 Å². The molecule has 0 bridgehead atoms. The largest absolute Gasteiger partial charge is 0.351 e. The number of thioether (sulfide) groups is 1. The Hall–Kier alpha value is -1.49. The summed E-state index contributed by atoms with van der Waals surface area (Å²) in [4.78, 5) is 25.5. The van der Waals surface area contributed by atoms with Gasteiger partial charge in [-0.25, -0.2) is 0 Å². The average Bonchev–Trinajstić information content (AvgIpc) is 2.73. The van der Waals surface area contributed by atoms with Gasteiger partial charge < -0.3 is 4.57 Å². The van der Waals surface area contributed by atoms with Crippen molar-refractivity contribution in [3.63, 3.8) is 0 Å². The number of aryl methyl sites for hydroxylation is 1. The van der Waals surface area contributed by atoms with Crippen LogP contribution in [-0.4, -0.2) is 26.7 Å². The molecule has 0 spiro atoms. The van der Waals surface area contributed by atoms with Crippen LogP contribution in [0.1, 0.15) is 19.5 Å². The molecule has 0 N–H and O–H groups in total. The molecule has 0 saturated carbocycles. The highest BCUT2D eigenvalue weighted by Gasteiger charge is 2.36. The van der Waals surface area contributed by atoms with E-state index >= 15 is 0 Å². The summed E-state index contributed by atoms with van der Waals surface area (Å²) in [5, 5.41) is -0.189. The Kier molecular flexibility index (Phi) is 3.11. The maximum absolute atomic E-state index is 12.0. The van der Waals surface area contributed by atoms with Crippen molar-refractivity contribution in [3.05, 3.63) is 28.9 Å². The standard InChI is InChI=1S/C12H14N2O2S/c1-8(2)14-11(15)10(17-12(14)16)7-9-5-4-6-13(9)3/h4-8H,1-3H3/b10-7-. The van der Waals surface area contributed by atoms with Crippen molar-refractivity contribution in [2.75, 3.05) is 0 Å². The second-order valence-electron chi connectivity index (χ2n) is 4.19. The van der Waals surface area contributed by atoms with Crippen molar-refractivity contribution >= 4 is 29.0 Å². The number of hydrogen-bond acceptors (Lipinski definition) is 3. The van der Waals surface area contributed by atoms with E-state index in [0.717, 1.165) is 17.5 Å². The summed E-state index contributed by atoms with van der Waals surface area (Å²) >= 11 is 1.00. The molecule has 0 aliphatic carbocycles. The van der Waals surface area contributed by atoms with Crippen LogP contribution in [0, 0.1) is 0 Å². The van der Waals surface area contributed by atoms with E-state index in [1.54, 1.807) is 6.08 Å². The molecule has 5 heteroatoms. The van der Waals surface area contributed by atoms with Gasteiger partial charge in [-0.15, -0.1) is 0 Å². The monoisotopic (exact) mass is 250 g/mol. The van der Waals surface area contributed by atoms with Crippen LogP contribution in [0.3, 0.4) is 0 Å². The SMILES string of the molecule is CC(C)N1C(=O)S/C(=C\c2cccn2C)C1=O.